The smallest absolute Gasteiger partial charge is 0.0856 e. The SMILES string of the molecule is Cc1cc(Cl)c(Cl)cc1NNc1ccc(Cl)c(Cl)c1Cl. The molecule has 0 heterocycles. The fraction of sp³-hybridized carbons (Fsp3) is 0.0769. The molecule has 0 saturated heterocycles. The summed E-state index contributed by atoms with van der Waals surface area (Å²) in [6, 6.07) is 6.86. The van der Waals surface area contributed by atoms with Gasteiger partial charge < -0.3 is 5.43 Å². The molecule has 2 N–H and O–H groups in total. The van der Waals surface area contributed by atoms with Crippen molar-refractivity contribution in [1.82, 2.24) is 0 Å². The van der Waals surface area contributed by atoms with Crippen molar-refractivity contribution >= 4 is 69.4 Å². The maximum Gasteiger partial charge on any atom is 0.0856 e. The fourth-order valence-corrected chi connectivity index (χ4v) is 2.50. The first-order chi connectivity index (χ1) is 9.40. The molecule has 0 saturated carbocycles. The summed E-state index contributed by atoms with van der Waals surface area (Å²) >= 11 is 29.9. The quantitative estimate of drug-likeness (QED) is 0.464. The van der Waals surface area contributed by atoms with Crippen molar-refractivity contribution in [3.8, 4) is 0 Å². The Balaban J connectivity index is 2.21. The van der Waals surface area contributed by atoms with Gasteiger partial charge >= 0.3 is 0 Å². The van der Waals surface area contributed by atoms with E-state index in [1.807, 2.05) is 6.92 Å². The van der Waals surface area contributed by atoms with Crippen LogP contribution in [0.25, 0.3) is 0 Å². The molecule has 0 atom stereocenters. The van der Waals surface area contributed by atoms with E-state index in [4.69, 9.17) is 58.0 Å². The average molecular weight is 370 g/mol. The lowest BCUT2D eigenvalue weighted by molar-refractivity contribution is 1.36. The largest absolute Gasteiger partial charge is 0.301 e. The predicted molar refractivity (Wildman–Crippen MR) is 89.9 cm³/mol. The van der Waals surface area contributed by atoms with E-state index in [2.05, 4.69) is 10.9 Å². The van der Waals surface area contributed by atoms with Crippen molar-refractivity contribution in [1.29, 1.82) is 0 Å². The van der Waals surface area contributed by atoms with Gasteiger partial charge in [-0.1, -0.05) is 58.0 Å². The van der Waals surface area contributed by atoms with Crippen LogP contribution >= 0.6 is 58.0 Å². The molecule has 0 unspecified atom stereocenters. The van der Waals surface area contributed by atoms with Gasteiger partial charge in [0, 0.05) is 0 Å². The molecule has 2 aromatic rings. The molecule has 7 heteroatoms. The van der Waals surface area contributed by atoms with Crippen LogP contribution in [0.3, 0.4) is 0 Å². The number of anilines is 2. The number of hydrogen-bond acceptors (Lipinski definition) is 2. The number of hydrogen-bond donors (Lipinski definition) is 2. The molecule has 0 fully saturated rings. The first-order valence-corrected chi connectivity index (χ1v) is 7.40. The normalized spacial score (nSPS) is 10.5. The minimum Gasteiger partial charge on any atom is -0.301 e. The van der Waals surface area contributed by atoms with Crippen LogP contribution in [0.5, 0.6) is 0 Å². The van der Waals surface area contributed by atoms with Gasteiger partial charge in [-0.3, -0.25) is 5.43 Å². The van der Waals surface area contributed by atoms with Gasteiger partial charge in [-0.25, -0.2) is 0 Å². The second-order valence-electron chi connectivity index (χ2n) is 4.05. The van der Waals surface area contributed by atoms with Crippen molar-refractivity contribution in [3.05, 3.63) is 54.9 Å². The lowest BCUT2D eigenvalue weighted by atomic mass is 10.2. The van der Waals surface area contributed by atoms with Crippen LogP contribution in [0.15, 0.2) is 24.3 Å². The average Bonchev–Trinajstić information content (AvgIpc) is 2.40. The first-order valence-electron chi connectivity index (χ1n) is 5.51. The number of halogens is 5. The highest BCUT2D eigenvalue weighted by Gasteiger charge is 2.09. The Hall–Kier alpha value is -0.510. The highest BCUT2D eigenvalue weighted by molar-refractivity contribution is 6.49. The first kappa shape index (κ1) is 15.9. The topological polar surface area (TPSA) is 24.1 Å². The van der Waals surface area contributed by atoms with Crippen molar-refractivity contribution in [2.75, 3.05) is 10.9 Å². The molecule has 0 bridgehead atoms. The summed E-state index contributed by atoms with van der Waals surface area (Å²) in [6.45, 7) is 1.91. The monoisotopic (exact) mass is 368 g/mol. The van der Waals surface area contributed by atoms with Crippen molar-refractivity contribution < 1.29 is 0 Å². The lowest BCUT2D eigenvalue weighted by Crippen LogP contribution is -2.10. The van der Waals surface area contributed by atoms with Gasteiger partial charge in [-0.2, -0.15) is 0 Å². The maximum absolute atomic E-state index is 6.09. The van der Waals surface area contributed by atoms with E-state index in [9.17, 15) is 0 Å². The van der Waals surface area contributed by atoms with Gasteiger partial charge in [0.1, 0.15) is 0 Å². The maximum atomic E-state index is 6.09. The Morgan fingerprint density at radius 3 is 2.00 bits per heavy atom. The Labute approximate surface area is 141 Å². The molecule has 0 aliphatic rings. The third-order valence-corrected chi connectivity index (χ3v) is 4.65. The molecule has 2 rings (SSSR count). The van der Waals surface area contributed by atoms with Crippen molar-refractivity contribution in [3.63, 3.8) is 0 Å². The van der Waals surface area contributed by atoms with Crippen molar-refractivity contribution in [2.24, 2.45) is 0 Å². The predicted octanol–water partition coefficient (Wildman–Crippen LogP) is 6.70. The molecule has 0 spiro atoms. The molecule has 0 aliphatic carbocycles. The zero-order valence-electron chi connectivity index (χ0n) is 10.2. The van der Waals surface area contributed by atoms with E-state index in [1.165, 1.54) is 0 Å². The van der Waals surface area contributed by atoms with E-state index in [-0.39, 0.29) is 0 Å². The van der Waals surface area contributed by atoms with Gasteiger partial charge in [-0.05, 0) is 36.8 Å². The standard InChI is InChI=1S/C13H9Cl5N2/c1-6-4-8(15)9(16)5-11(6)20-19-10-3-2-7(14)12(17)13(10)18/h2-5,19-20H,1H3. The third-order valence-electron chi connectivity index (χ3n) is 2.63. The van der Waals surface area contributed by atoms with E-state index in [0.29, 0.717) is 30.8 Å². The van der Waals surface area contributed by atoms with Gasteiger partial charge in [-0.15, -0.1) is 0 Å². The summed E-state index contributed by atoms with van der Waals surface area (Å²) in [7, 11) is 0. The summed E-state index contributed by atoms with van der Waals surface area (Å²) in [4.78, 5) is 0. The molecule has 106 valence electrons. The summed E-state index contributed by atoms with van der Waals surface area (Å²) in [6.07, 6.45) is 0. The minimum absolute atomic E-state index is 0.297. The lowest BCUT2D eigenvalue weighted by Gasteiger charge is -2.15. The minimum atomic E-state index is 0.297. The summed E-state index contributed by atoms with van der Waals surface area (Å²) in [5, 5.41) is 1.99. The van der Waals surface area contributed by atoms with Gasteiger partial charge in [0.05, 0.1) is 36.5 Å². The molecular weight excluding hydrogens is 361 g/mol. The molecular formula is C13H9Cl5N2. The van der Waals surface area contributed by atoms with Crippen molar-refractivity contribution in [2.45, 2.75) is 6.92 Å². The second kappa shape index (κ2) is 6.50. The van der Waals surface area contributed by atoms with Gasteiger partial charge in [0.25, 0.3) is 0 Å². The molecule has 0 aromatic heterocycles. The molecule has 0 aliphatic heterocycles. The highest BCUT2D eigenvalue weighted by Crippen LogP contribution is 2.36. The summed E-state index contributed by atoms with van der Waals surface area (Å²) in [5.41, 5.74) is 8.28. The Bertz CT molecular complexity index is 656. The second-order valence-corrected chi connectivity index (χ2v) is 6.03. The van der Waals surface area contributed by atoms with Crippen LogP contribution < -0.4 is 10.9 Å². The van der Waals surface area contributed by atoms with Crippen LogP contribution in [0, 0.1) is 6.92 Å². The van der Waals surface area contributed by atoms with Gasteiger partial charge in [0.2, 0.25) is 0 Å². The van der Waals surface area contributed by atoms with Crippen LogP contribution in [-0.2, 0) is 0 Å². The van der Waals surface area contributed by atoms with Crippen LogP contribution in [0.2, 0.25) is 25.1 Å². The summed E-state index contributed by atoms with van der Waals surface area (Å²) < 4.78 is 0. The van der Waals surface area contributed by atoms with E-state index in [0.717, 1.165) is 11.3 Å². The van der Waals surface area contributed by atoms with Crippen LogP contribution in [0.1, 0.15) is 5.56 Å². The number of nitrogens with one attached hydrogen (secondary N) is 2. The Kier molecular flexibility index (Phi) is 5.16. The molecule has 2 aromatic carbocycles. The fourth-order valence-electron chi connectivity index (χ4n) is 1.54. The molecule has 0 amide bonds. The zero-order chi connectivity index (χ0) is 14.9. The Morgan fingerprint density at radius 2 is 1.30 bits per heavy atom. The zero-order valence-corrected chi connectivity index (χ0v) is 14.0. The van der Waals surface area contributed by atoms with E-state index in [1.54, 1.807) is 24.3 Å². The number of aryl methyl sites for hydroxylation is 1. The number of hydrazine groups is 1. The van der Waals surface area contributed by atoms with Gasteiger partial charge in [0.15, 0.2) is 0 Å². The highest BCUT2D eigenvalue weighted by atomic mass is 35.5. The molecule has 20 heavy (non-hydrogen) atoms. The number of benzene rings is 2. The molecule has 2 nitrogen and oxygen atoms in total. The van der Waals surface area contributed by atoms with E-state index < -0.39 is 0 Å². The molecule has 0 radical (unpaired) electrons. The van der Waals surface area contributed by atoms with Crippen LogP contribution in [0.4, 0.5) is 11.4 Å². The Morgan fingerprint density at radius 1 is 0.700 bits per heavy atom. The summed E-state index contributed by atoms with van der Waals surface area (Å²) in [5.74, 6) is 0. The van der Waals surface area contributed by atoms with E-state index >= 15 is 0 Å². The third kappa shape index (κ3) is 3.38. The number of rotatable bonds is 3. The van der Waals surface area contributed by atoms with Crippen LogP contribution in [-0.4, -0.2) is 0 Å².